The minimum Gasteiger partial charge on any atom is -0.317 e. The van der Waals surface area contributed by atoms with Crippen molar-refractivity contribution in [3.05, 3.63) is 11.4 Å². The average Bonchev–Trinajstić information content (AvgIpc) is 2.32. The molecule has 3 N–H and O–H groups in total. The van der Waals surface area contributed by atoms with Crippen molar-refractivity contribution in [2.75, 3.05) is 5.32 Å². The lowest BCUT2D eigenvalue weighted by atomic mass is 9.93. The van der Waals surface area contributed by atoms with Crippen molar-refractivity contribution in [3.8, 4) is 0 Å². The maximum atomic E-state index is 11.9. The summed E-state index contributed by atoms with van der Waals surface area (Å²) in [4.78, 5) is 16.1. The lowest BCUT2D eigenvalue weighted by Crippen LogP contribution is -2.50. The smallest absolute Gasteiger partial charge is 0.249 e. The normalized spacial score (nSPS) is 11.4. The van der Waals surface area contributed by atoms with E-state index in [1.54, 1.807) is 0 Å². The van der Waals surface area contributed by atoms with E-state index in [1.165, 1.54) is 0 Å². The molecular formula is C11H19N5O. The molecule has 1 heterocycles. The summed E-state index contributed by atoms with van der Waals surface area (Å²) < 4.78 is 0. The van der Waals surface area contributed by atoms with Crippen molar-refractivity contribution in [3.63, 3.8) is 0 Å². The van der Waals surface area contributed by atoms with Crippen molar-refractivity contribution in [2.24, 2.45) is 5.73 Å². The number of nitrogens with two attached hydrogens (primary N) is 1. The summed E-state index contributed by atoms with van der Waals surface area (Å²) in [6, 6.07) is 0. The minimum atomic E-state index is -0.873. The Morgan fingerprint density at radius 1 is 1.24 bits per heavy atom. The highest BCUT2D eigenvalue weighted by molar-refractivity contribution is 5.96. The van der Waals surface area contributed by atoms with Gasteiger partial charge in [-0.2, -0.15) is 5.10 Å². The Labute approximate surface area is 101 Å². The first-order valence-corrected chi connectivity index (χ1v) is 5.71. The third-order valence-corrected chi connectivity index (χ3v) is 3.03. The summed E-state index contributed by atoms with van der Waals surface area (Å²) >= 11 is 0. The van der Waals surface area contributed by atoms with Crippen molar-refractivity contribution in [2.45, 2.75) is 46.1 Å². The van der Waals surface area contributed by atoms with E-state index in [-0.39, 0.29) is 11.9 Å². The van der Waals surface area contributed by atoms with Gasteiger partial charge >= 0.3 is 0 Å². The fraction of sp³-hybridized carbons (Fsp3) is 0.636. The second-order valence-corrected chi connectivity index (χ2v) is 4.12. The van der Waals surface area contributed by atoms with Gasteiger partial charge in [0.1, 0.15) is 0 Å². The summed E-state index contributed by atoms with van der Waals surface area (Å²) in [6.07, 6.45) is 1.13. The molecule has 1 aromatic rings. The highest BCUT2D eigenvalue weighted by Crippen LogP contribution is 2.13. The summed E-state index contributed by atoms with van der Waals surface area (Å²) in [7, 11) is 0. The Hall–Kier alpha value is -1.56. The molecule has 0 atom stereocenters. The molecule has 0 aromatic carbocycles. The number of anilines is 1. The molecule has 1 rings (SSSR count). The van der Waals surface area contributed by atoms with Crippen LogP contribution in [-0.4, -0.2) is 26.6 Å². The largest absolute Gasteiger partial charge is 0.317 e. The standard InChI is InChI=1S/C11H19N5O/c1-5-11(12,6-2)9(17)14-10-13-7(3)8(4)15-16-10/h5-6,12H2,1-4H3,(H,13,14,16,17). The summed E-state index contributed by atoms with van der Waals surface area (Å²) in [5.74, 6) is -0.0672. The van der Waals surface area contributed by atoms with E-state index >= 15 is 0 Å². The molecule has 6 nitrogen and oxygen atoms in total. The van der Waals surface area contributed by atoms with Crippen LogP contribution < -0.4 is 11.1 Å². The number of hydrogen-bond acceptors (Lipinski definition) is 5. The predicted octanol–water partition coefficient (Wildman–Crippen LogP) is 0.944. The van der Waals surface area contributed by atoms with Gasteiger partial charge in [-0.05, 0) is 26.7 Å². The molecule has 0 fully saturated rings. The Morgan fingerprint density at radius 2 is 1.82 bits per heavy atom. The number of carbonyl (C=O) groups is 1. The SMILES string of the molecule is CCC(N)(CC)C(=O)Nc1nnc(C)c(C)n1. The van der Waals surface area contributed by atoms with E-state index in [0.29, 0.717) is 12.8 Å². The second-order valence-electron chi connectivity index (χ2n) is 4.12. The molecule has 0 saturated carbocycles. The molecule has 17 heavy (non-hydrogen) atoms. The van der Waals surface area contributed by atoms with Crippen LogP contribution in [0, 0.1) is 13.8 Å². The van der Waals surface area contributed by atoms with E-state index in [4.69, 9.17) is 5.73 Å². The highest BCUT2D eigenvalue weighted by Gasteiger charge is 2.30. The monoisotopic (exact) mass is 237 g/mol. The van der Waals surface area contributed by atoms with Crippen LogP contribution in [0.3, 0.4) is 0 Å². The molecule has 0 bridgehead atoms. The average molecular weight is 237 g/mol. The molecule has 0 unspecified atom stereocenters. The van der Waals surface area contributed by atoms with Gasteiger partial charge in [0.2, 0.25) is 11.9 Å². The van der Waals surface area contributed by atoms with Crippen molar-refractivity contribution in [1.82, 2.24) is 15.2 Å². The maximum Gasteiger partial charge on any atom is 0.249 e. The molecule has 1 aromatic heterocycles. The van der Waals surface area contributed by atoms with Crippen molar-refractivity contribution >= 4 is 11.9 Å². The highest BCUT2D eigenvalue weighted by atomic mass is 16.2. The van der Waals surface area contributed by atoms with E-state index in [0.717, 1.165) is 11.4 Å². The number of aryl methyl sites for hydroxylation is 2. The Morgan fingerprint density at radius 3 is 2.29 bits per heavy atom. The molecule has 0 saturated heterocycles. The first-order valence-electron chi connectivity index (χ1n) is 5.71. The quantitative estimate of drug-likeness (QED) is 0.813. The van der Waals surface area contributed by atoms with E-state index in [1.807, 2.05) is 27.7 Å². The Kier molecular flexibility index (Phi) is 4.11. The van der Waals surface area contributed by atoms with Gasteiger partial charge in [0.05, 0.1) is 16.9 Å². The molecule has 6 heteroatoms. The van der Waals surface area contributed by atoms with Crippen LogP contribution in [0.4, 0.5) is 5.95 Å². The van der Waals surface area contributed by atoms with Crippen LogP contribution in [-0.2, 0) is 4.79 Å². The number of amides is 1. The zero-order chi connectivity index (χ0) is 13.1. The van der Waals surface area contributed by atoms with Crippen LogP contribution in [0.5, 0.6) is 0 Å². The first kappa shape index (κ1) is 13.5. The third-order valence-electron chi connectivity index (χ3n) is 3.03. The lowest BCUT2D eigenvalue weighted by Gasteiger charge is -2.24. The number of hydrogen-bond donors (Lipinski definition) is 2. The van der Waals surface area contributed by atoms with Gasteiger partial charge in [-0.3, -0.25) is 10.1 Å². The Bertz CT molecular complexity index is 414. The van der Waals surface area contributed by atoms with E-state index < -0.39 is 5.54 Å². The minimum absolute atomic E-state index is 0.204. The van der Waals surface area contributed by atoms with Gasteiger partial charge in [-0.15, -0.1) is 5.10 Å². The van der Waals surface area contributed by atoms with Crippen molar-refractivity contribution in [1.29, 1.82) is 0 Å². The van der Waals surface area contributed by atoms with Crippen molar-refractivity contribution < 1.29 is 4.79 Å². The summed E-state index contributed by atoms with van der Waals surface area (Å²) in [5, 5.41) is 10.3. The second kappa shape index (κ2) is 5.18. The molecular weight excluding hydrogens is 218 g/mol. The number of carbonyl (C=O) groups excluding carboxylic acids is 1. The molecule has 1 amide bonds. The zero-order valence-corrected chi connectivity index (χ0v) is 10.7. The number of nitrogens with zero attached hydrogens (tertiary/aromatic N) is 3. The van der Waals surface area contributed by atoms with Gasteiger partial charge in [0.25, 0.3) is 0 Å². The zero-order valence-electron chi connectivity index (χ0n) is 10.7. The molecule has 94 valence electrons. The van der Waals surface area contributed by atoms with E-state index in [2.05, 4.69) is 20.5 Å². The van der Waals surface area contributed by atoms with Gasteiger partial charge in [0.15, 0.2) is 0 Å². The van der Waals surface area contributed by atoms with Gasteiger partial charge < -0.3 is 5.73 Å². The molecule has 0 spiro atoms. The maximum absolute atomic E-state index is 11.9. The number of rotatable bonds is 4. The van der Waals surface area contributed by atoms with Gasteiger partial charge in [0, 0.05) is 0 Å². The topological polar surface area (TPSA) is 93.8 Å². The van der Waals surface area contributed by atoms with Gasteiger partial charge in [-0.25, -0.2) is 4.98 Å². The Balaban J connectivity index is 2.84. The molecule has 0 aliphatic heterocycles. The molecule has 0 aliphatic carbocycles. The molecule has 0 radical (unpaired) electrons. The fourth-order valence-electron chi connectivity index (χ4n) is 1.31. The third kappa shape index (κ3) is 2.97. The summed E-state index contributed by atoms with van der Waals surface area (Å²) in [5.41, 5.74) is 6.58. The predicted molar refractivity (Wildman–Crippen MR) is 65.4 cm³/mol. The number of nitrogens with one attached hydrogen (secondary N) is 1. The van der Waals surface area contributed by atoms with Crippen LogP contribution >= 0.6 is 0 Å². The lowest BCUT2D eigenvalue weighted by molar-refractivity contribution is -0.121. The summed E-state index contributed by atoms with van der Waals surface area (Å²) in [6.45, 7) is 7.38. The van der Waals surface area contributed by atoms with Crippen LogP contribution in [0.2, 0.25) is 0 Å². The van der Waals surface area contributed by atoms with E-state index in [9.17, 15) is 4.79 Å². The number of aromatic nitrogens is 3. The first-order chi connectivity index (χ1) is 7.92. The van der Waals surface area contributed by atoms with Crippen LogP contribution in [0.15, 0.2) is 0 Å². The fourth-order valence-corrected chi connectivity index (χ4v) is 1.31. The molecule has 0 aliphatic rings. The van der Waals surface area contributed by atoms with Crippen LogP contribution in [0.25, 0.3) is 0 Å². The van der Waals surface area contributed by atoms with Crippen LogP contribution in [0.1, 0.15) is 38.1 Å². The van der Waals surface area contributed by atoms with Gasteiger partial charge in [-0.1, -0.05) is 13.8 Å².